The second-order valence-corrected chi connectivity index (χ2v) is 7.28. The van der Waals surface area contributed by atoms with Gasteiger partial charge in [0, 0.05) is 6.04 Å². The van der Waals surface area contributed by atoms with Gasteiger partial charge >= 0.3 is 0 Å². The van der Waals surface area contributed by atoms with Crippen molar-refractivity contribution in [3.8, 4) is 0 Å². The third-order valence-electron chi connectivity index (χ3n) is 4.16. The summed E-state index contributed by atoms with van der Waals surface area (Å²) in [4.78, 5) is 0. The minimum absolute atomic E-state index is 0.432. The molecule has 2 unspecified atom stereocenters. The quantitative estimate of drug-likeness (QED) is 0.748. The van der Waals surface area contributed by atoms with Gasteiger partial charge in [-0.1, -0.05) is 41.5 Å². The smallest absolute Gasteiger partial charge is 0.00724 e. The van der Waals surface area contributed by atoms with Crippen LogP contribution in [-0.2, 0) is 0 Å². The molecular weight excluding hydrogens is 182 g/mol. The zero-order valence-corrected chi connectivity index (χ0v) is 11.5. The molecule has 1 saturated carbocycles. The van der Waals surface area contributed by atoms with Crippen LogP contribution >= 0.6 is 0 Å². The fraction of sp³-hybridized carbons (Fsp3) is 1.00. The Hall–Kier alpha value is -0.0400. The van der Waals surface area contributed by atoms with Crippen LogP contribution in [0.2, 0.25) is 0 Å². The predicted molar refractivity (Wildman–Crippen MR) is 68.0 cm³/mol. The standard InChI is InChI=1S/C14H29N/c1-11(13(2,3)4)10-15-12-7-8-14(5,6)9-12/h11-12,15H,7-10H2,1-6H3. The Balaban J connectivity index is 2.27. The summed E-state index contributed by atoms with van der Waals surface area (Å²) < 4.78 is 0. The predicted octanol–water partition coefficient (Wildman–Crippen LogP) is 3.84. The SMILES string of the molecule is CC(CNC1CCC(C)(C)C1)C(C)(C)C. The van der Waals surface area contributed by atoms with Gasteiger partial charge in [-0.2, -0.15) is 0 Å². The van der Waals surface area contributed by atoms with Crippen LogP contribution in [0.3, 0.4) is 0 Å². The lowest BCUT2D eigenvalue weighted by atomic mass is 9.82. The number of nitrogens with one attached hydrogen (secondary N) is 1. The van der Waals surface area contributed by atoms with Gasteiger partial charge in [-0.3, -0.25) is 0 Å². The maximum atomic E-state index is 3.74. The fourth-order valence-electron chi connectivity index (χ4n) is 2.26. The minimum Gasteiger partial charge on any atom is -0.314 e. The molecule has 1 nitrogen and oxygen atoms in total. The van der Waals surface area contributed by atoms with Gasteiger partial charge in [0.05, 0.1) is 0 Å². The second-order valence-electron chi connectivity index (χ2n) is 7.28. The molecule has 15 heavy (non-hydrogen) atoms. The van der Waals surface area contributed by atoms with E-state index in [2.05, 4.69) is 46.9 Å². The van der Waals surface area contributed by atoms with Crippen molar-refractivity contribution >= 4 is 0 Å². The van der Waals surface area contributed by atoms with E-state index >= 15 is 0 Å². The van der Waals surface area contributed by atoms with Crippen LogP contribution in [0.1, 0.15) is 60.8 Å². The first-order chi connectivity index (χ1) is 6.71. The molecule has 1 rings (SSSR count). The molecular formula is C14H29N. The highest BCUT2D eigenvalue weighted by Crippen LogP contribution is 2.37. The average Bonchev–Trinajstić information content (AvgIpc) is 2.39. The van der Waals surface area contributed by atoms with E-state index in [-0.39, 0.29) is 0 Å². The van der Waals surface area contributed by atoms with Crippen LogP contribution < -0.4 is 5.32 Å². The van der Waals surface area contributed by atoms with Crippen molar-refractivity contribution in [3.05, 3.63) is 0 Å². The van der Waals surface area contributed by atoms with Crippen molar-refractivity contribution in [2.24, 2.45) is 16.7 Å². The first-order valence-electron chi connectivity index (χ1n) is 6.44. The van der Waals surface area contributed by atoms with E-state index in [1.807, 2.05) is 0 Å². The van der Waals surface area contributed by atoms with Gasteiger partial charge in [0.2, 0.25) is 0 Å². The summed E-state index contributed by atoms with van der Waals surface area (Å²) in [5, 5.41) is 3.74. The van der Waals surface area contributed by atoms with E-state index in [4.69, 9.17) is 0 Å². The number of hydrogen-bond donors (Lipinski definition) is 1. The Morgan fingerprint density at radius 2 is 1.93 bits per heavy atom. The van der Waals surface area contributed by atoms with E-state index in [1.54, 1.807) is 0 Å². The van der Waals surface area contributed by atoms with Crippen molar-refractivity contribution in [1.82, 2.24) is 5.32 Å². The van der Waals surface area contributed by atoms with Crippen LogP contribution in [0, 0.1) is 16.7 Å². The topological polar surface area (TPSA) is 12.0 Å². The highest BCUT2D eigenvalue weighted by Gasteiger charge is 2.31. The van der Waals surface area contributed by atoms with Gasteiger partial charge in [0.1, 0.15) is 0 Å². The summed E-state index contributed by atoms with van der Waals surface area (Å²) in [6, 6.07) is 0.768. The third kappa shape index (κ3) is 4.14. The molecule has 0 heterocycles. The highest BCUT2D eigenvalue weighted by molar-refractivity contribution is 4.87. The molecule has 0 aromatic heterocycles. The Labute approximate surface area is 96.0 Å². The monoisotopic (exact) mass is 211 g/mol. The van der Waals surface area contributed by atoms with Crippen LogP contribution in [0.15, 0.2) is 0 Å². The zero-order valence-electron chi connectivity index (χ0n) is 11.5. The summed E-state index contributed by atoms with van der Waals surface area (Å²) in [5.41, 5.74) is 1.00. The molecule has 0 amide bonds. The summed E-state index contributed by atoms with van der Waals surface area (Å²) in [5.74, 6) is 0.751. The second kappa shape index (κ2) is 4.45. The Morgan fingerprint density at radius 1 is 1.33 bits per heavy atom. The van der Waals surface area contributed by atoms with Crippen LogP contribution in [-0.4, -0.2) is 12.6 Å². The molecule has 0 aromatic rings. The van der Waals surface area contributed by atoms with Crippen molar-refractivity contribution in [3.63, 3.8) is 0 Å². The average molecular weight is 211 g/mol. The van der Waals surface area contributed by atoms with Crippen LogP contribution in [0.4, 0.5) is 0 Å². The molecule has 0 bridgehead atoms. The lowest BCUT2D eigenvalue weighted by Gasteiger charge is -2.29. The van der Waals surface area contributed by atoms with Crippen molar-refractivity contribution in [2.45, 2.75) is 66.8 Å². The van der Waals surface area contributed by atoms with Gasteiger partial charge in [0.15, 0.2) is 0 Å². The van der Waals surface area contributed by atoms with Crippen LogP contribution in [0.5, 0.6) is 0 Å². The van der Waals surface area contributed by atoms with Gasteiger partial charge in [-0.15, -0.1) is 0 Å². The van der Waals surface area contributed by atoms with Crippen LogP contribution in [0.25, 0.3) is 0 Å². The van der Waals surface area contributed by atoms with Crippen molar-refractivity contribution < 1.29 is 0 Å². The molecule has 0 aliphatic heterocycles. The van der Waals surface area contributed by atoms with E-state index in [9.17, 15) is 0 Å². The van der Waals surface area contributed by atoms with Gasteiger partial charge in [-0.25, -0.2) is 0 Å². The Morgan fingerprint density at radius 3 is 2.33 bits per heavy atom. The summed E-state index contributed by atoms with van der Waals surface area (Å²) in [6.07, 6.45) is 4.10. The first-order valence-corrected chi connectivity index (χ1v) is 6.44. The zero-order chi connectivity index (χ0) is 11.7. The fourth-order valence-corrected chi connectivity index (χ4v) is 2.26. The number of hydrogen-bond acceptors (Lipinski definition) is 1. The summed E-state index contributed by atoms with van der Waals surface area (Å²) in [7, 11) is 0. The van der Waals surface area contributed by atoms with E-state index < -0.39 is 0 Å². The molecule has 1 fully saturated rings. The van der Waals surface area contributed by atoms with E-state index in [1.165, 1.54) is 25.8 Å². The molecule has 0 saturated heterocycles. The van der Waals surface area contributed by atoms with E-state index in [0.717, 1.165) is 12.0 Å². The van der Waals surface area contributed by atoms with Gasteiger partial charge in [0.25, 0.3) is 0 Å². The lowest BCUT2D eigenvalue weighted by Crippen LogP contribution is -2.35. The maximum Gasteiger partial charge on any atom is 0.00724 e. The summed E-state index contributed by atoms with van der Waals surface area (Å²) >= 11 is 0. The Kier molecular flexibility index (Phi) is 3.86. The van der Waals surface area contributed by atoms with Gasteiger partial charge in [-0.05, 0) is 42.6 Å². The molecule has 0 aromatic carbocycles. The van der Waals surface area contributed by atoms with Crippen molar-refractivity contribution in [2.75, 3.05) is 6.54 Å². The molecule has 0 spiro atoms. The number of rotatable bonds is 3. The molecule has 2 atom stereocenters. The van der Waals surface area contributed by atoms with Crippen molar-refractivity contribution in [1.29, 1.82) is 0 Å². The normalized spacial score (nSPS) is 28.0. The highest BCUT2D eigenvalue weighted by atomic mass is 14.9. The molecule has 90 valence electrons. The molecule has 1 N–H and O–H groups in total. The van der Waals surface area contributed by atoms with Gasteiger partial charge < -0.3 is 5.32 Å². The lowest BCUT2D eigenvalue weighted by molar-refractivity contribution is 0.242. The minimum atomic E-state index is 0.432. The Bertz CT molecular complexity index is 200. The summed E-state index contributed by atoms with van der Waals surface area (Å²) in [6.45, 7) is 15.3. The first kappa shape index (κ1) is 13.0. The van der Waals surface area contributed by atoms with E-state index in [0.29, 0.717) is 10.8 Å². The molecule has 1 heteroatoms. The molecule has 1 aliphatic carbocycles. The third-order valence-corrected chi connectivity index (χ3v) is 4.16. The maximum absolute atomic E-state index is 3.74. The largest absolute Gasteiger partial charge is 0.314 e. The molecule has 0 radical (unpaired) electrons. The molecule has 1 aliphatic rings.